The van der Waals surface area contributed by atoms with Gasteiger partial charge >= 0.3 is 0 Å². The highest BCUT2D eigenvalue weighted by Gasteiger charge is 2.35. The van der Waals surface area contributed by atoms with Crippen LogP contribution in [0.15, 0.2) is 36.5 Å². The summed E-state index contributed by atoms with van der Waals surface area (Å²) in [5, 5.41) is 0. The summed E-state index contributed by atoms with van der Waals surface area (Å²) in [5.74, 6) is 0.134. The fraction of sp³-hybridized carbons (Fsp3) is 0.450. The van der Waals surface area contributed by atoms with E-state index in [2.05, 4.69) is 9.97 Å². The average molecular weight is 418 g/mol. The average Bonchev–Trinajstić information content (AvgIpc) is 3.18. The van der Waals surface area contributed by atoms with Crippen molar-refractivity contribution in [2.24, 2.45) is 0 Å². The lowest BCUT2D eigenvalue weighted by atomic mass is 9.99. The van der Waals surface area contributed by atoms with Crippen molar-refractivity contribution in [3.05, 3.63) is 53.3 Å². The molecule has 1 aromatic carbocycles. The first-order chi connectivity index (χ1) is 13.7. The Bertz CT molecular complexity index is 977. The molecule has 29 heavy (non-hydrogen) atoms. The van der Waals surface area contributed by atoms with E-state index in [-0.39, 0.29) is 17.6 Å². The van der Waals surface area contributed by atoms with Crippen molar-refractivity contribution in [1.82, 2.24) is 19.2 Å². The molecule has 0 spiro atoms. The predicted molar refractivity (Wildman–Crippen MR) is 112 cm³/mol. The number of carbonyl (C=O) groups excluding carboxylic acids is 1. The third kappa shape index (κ3) is 4.73. The SMILES string of the molecule is CN(C)C(=O)c1cnc(N(C)C)nc1C1CCN(S(=O)(=O)Cc2ccccc2)C1. The van der Waals surface area contributed by atoms with Crippen molar-refractivity contribution in [2.45, 2.75) is 18.1 Å². The van der Waals surface area contributed by atoms with Crippen LogP contribution < -0.4 is 4.90 Å². The van der Waals surface area contributed by atoms with E-state index < -0.39 is 10.0 Å². The Kier molecular flexibility index (Phi) is 6.18. The molecule has 1 unspecified atom stereocenters. The van der Waals surface area contributed by atoms with Crippen LogP contribution in [0.2, 0.25) is 0 Å². The summed E-state index contributed by atoms with van der Waals surface area (Å²) in [5.41, 5.74) is 1.80. The van der Waals surface area contributed by atoms with E-state index in [4.69, 9.17) is 0 Å². The molecule has 0 saturated carbocycles. The fourth-order valence-electron chi connectivity index (χ4n) is 3.40. The first-order valence-corrected chi connectivity index (χ1v) is 11.1. The Labute approximate surface area is 172 Å². The number of carbonyl (C=O) groups is 1. The summed E-state index contributed by atoms with van der Waals surface area (Å²) in [4.78, 5) is 24.8. The molecule has 156 valence electrons. The number of amides is 1. The fourth-order valence-corrected chi connectivity index (χ4v) is 4.98. The van der Waals surface area contributed by atoms with Crippen molar-refractivity contribution in [1.29, 1.82) is 0 Å². The van der Waals surface area contributed by atoms with E-state index in [1.54, 1.807) is 25.2 Å². The maximum atomic E-state index is 12.9. The molecular weight excluding hydrogens is 390 g/mol. The summed E-state index contributed by atoms with van der Waals surface area (Å²) in [6, 6.07) is 9.16. The molecule has 2 heterocycles. The summed E-state index contributed by atoms with van der Waals surface area (Å²) in [6.07, 6.45) is 2.16. The zero-order valence-corrected chi connectivity index (χ0v) is 18.1. The van der Waals surface area contributed by atoms with E-state index in [0.29, 0.717) is 36.7 Å². The van der Waals surface area contributed by atoms with Crippen LogP contribution in [-0.4, -0.2) is 74.8 Å². The standard InChI is InChI=1S/C20H27N5O3S/c1-23(2)19(26)17-12-21-20(24(3)4)22-18(17)16-10-11-25(13-16)29(27,28)14-15-8-6-5-7-9-15/h5-9,12,16H,10-11,13-14H2,1-4H3. The van der Waals surface area contributed by atoms with Gasteiger partial charge in [0.15, 0.2) is 0 Å². The number of rotatable bonds is 6. The maximum absolute atomic E-state index is 12.9. The lowest BCUT2D eigenvalue weighted by molar-refractivity contribution is 0.0825. The van der Waals surface area contributed by atoms with Gasteiger partial charge in [0.05, 0.1) is 17.0 Å². The number of benzene rings is 1. The summed E-state index contributed by atoms with van der Waals surface area (Å²) in [7, 11) is 3.57. The topological polar surface area (TPSA) is 86.7 Å². The molecule has 1 fully saturated rings. The van der Waals surface area contributed by atoms with Crippen LogP contribution in [-0.2, 0) is 15.8 Å². The number of hydrogen-bond donors (Lipinski definition) is 0. The number of anilines is 1. The van der Waals surface area contributed by atoms with Crippen molar-refractivity contribution in [3.63, 3.8) is 0 Å². The largest absolute Gasteiger partial charge is 0.347 e. The van der Waals surface area contributed by atoms with Gasteiger partial charge in [-0.2, -0.15) is 0 Å². The van der Waals surface area contributed by atoms with Gasteiger partial charge in [0.25, 0.3) is 5.91 Å². The second-order valence-electron chi connectivity index (χ2n) is 7.65. The van der Waals surface area contributed by atoms with Gasteiger partial charge in [-0.15, -0.1) is 0 Å². The smallest absolute Gasteiger partial charge is 0.256 e. The first kappa shape index (κ1) is 21.2. The molecule has 9 heteroatoms. The molecule has 8 nitrogen and oxygen atoms in total. The molecule has 0 N–H and O–H groups in total. The first-order valence-electron chi connectivity index (χ1n) is 9.46. The zero-order chi connectivity index (χ0) is 21.2. The van der Waals surface area contributed by atoms with Gasteiger partial charge in [0.1, 0.15) is 0 Å². The summed E-state index contributed by atoms with van der Waals surface area (Å²) in [6.45, 7) is 0.726. The molecule has 0 aliphatic carbocycles. The van der Waals surface area contributed by atoms with Gasteiger partial charge in [0.2, 0.25) is 16.0 Å². The quantitative estimate of drug-likeness (QED) is 0.709. The van der Waals surface area contributed by atoms with Gasteiger partial charge in [-0.1, -0.05) is 30.3 Å². The molecule has 1 aromatic heterocycles. The Morgan fingerprint density at radius 2 is 1.86 bits per heavy atom. The molecule has 2 aromatic rings. The third-order valence-corrected chi connectivity index (χ3v) is 6.78. The van der Waals surface area contributed by atoms with Gasteiger partial charge < -0.3 is 9.80 Å². The minimum absolute atomic E-state index is 0.0310. The molecule has 3 rings (SSSR count). The van der Waals surface area contributed by atoms with Crippen LogP contribution in [0.4, 0.5) is 5.95 Å². The predicted octanol–water partition coefficient (Wildman–Crippen LogP) is 1.56. The van der Waals surface area contributed by atoms with Crippen molar-refractivity contribution < 1.29 is 13.2 Å². The monoisotopic (exact) mass is 417 g/mol. The number of hydrogen-bond acceptors (Lipinski definition) is 6. The Balaban J connectivity index is 1.86. The highest BCUT2D eigenvalue weighted by molar-refractivity contribution is 7.88. The summed E-state index contributed by atoms with van der Waals surface area (Å²) >= 11 is 0. The van der Waals surface area contributed by atoms with Crippen LogP contribution in [0.3, 0.4) is 0 Å². The second-order valence-corrected chi connectivity index (χ2v) is 9.62. The number of sulfonamides is 1. The van der Waals surface area contributed by atoms with Crippen LogP contribution in [0.25, 0.3) is 0 Å². The Morgan fingerprint density at radius 1 is 1.17 bits per heavy atom. The van der Waals surface area contributed by atoms with Crippen molar-refractivity contribution >= 4 is 21.9 Å². The third-order valence-electron chi connectivity index (χ3n) is 4.97. The number of aromatic nitrogens is 2. The van der Waals surface area contributed by atoms with Crippen LogP contribution >= 0.6 is 0 Å². The molecule has 0 radical (unpaired) electrons. The summed E-state index contributed by atoms with van der Waals surface area (Å²) < 4.78 is 27.3. The zero-order valence-electron chi connectivity index (χ0n) is 17.2. The molecule has 0 bridgehead atoms. The van der Waals surface area contributed by atoms with E-state index in [9.17, 15) is 13.2 Å². The minimum atomic E-state index is -3.45. The molecule has 1 atom stereocenters. The van der Waals surface area contributed by atoms with E-state index in [0.717, 1.165) is 5.56 Å². The molecule has 1 saturated heterocycles. The van der Waals surface area contributed by atoms with Gasteiger partial charge in [-0.3, -0.25) is 4.79 Å². The maximum Gasteiger partial charge on any atom is 0.256 e. The lowest BCUT2D eigenvalue weighted by Gasteiger charge is -2.20. The molecular formula is C20H27N5O3S. The lowest BCUT2D eigenvalue weighted by Crippen LogP contribution is -2.30. The van der Waals surface area contributed by atoms with Crippen LogP contribution in [0.1, 0.15) is 34.0 Å². The van der Waals surface area contributed by atoms with E-state index in [1.807, 2.05) is 44.4 Å². The van der Waals surface area contributed by atoms with Crippen LogP contribution in [0, 0.1) is 0 Å². The van der Waals surface area contributed by atoms with Gasteiger partial charge in [-0.25, -0.2) is 22.7 Å². The molecule has 1 aliphatic rings. The highest BCUT2D eigenvalue weighted by atomic mass is 32.2. The highest BCUT2D eigenvalue weighted by Crippen LogP contribution is 2.31. The van der Waals surface area contributed by atoms with Crippen molar-refractivity contribution in [3.8, 4) is 0 Å². The Morgan fingerprint density at radius 3 is 2.48 bits per heavy atom. The number of nitrogens with zero attached hydrogens (tertiary/aromatic N) is 5. The van der Waals surface area contributed by atoms with Crippen LogP contribution in [0.5, 0.6) is 0 Å². The minimum Gasteiger partial charge on any atom is -0.347 e. The van der Waals surface area contributed by atoms with E-state index in [1.165, 1.54) is 9.21 Å². The normalized spacial score (nSPS) is 17.3. The molecule has 1 amide bonds. The van der Waals surface area contributed by atoms with Crippen molar-refractivity contribution in [2.75, 3.05) is 46.2 Å². The Hall–Kier alpha value is -2.52. The van der Waals surface area contributed by atoms with Gasteiger partial charge in [-0.05, 0) is 12.0 Å². The van der Waals surface area contributed by atoms with Gasteiger partial charge in [0, 0.05) is 53.4 Å². The second kappa shape index (κ2) is 8.46. The molecule has 1 aliphatic heterocycles. The van der Waals surface area contributed by atoms with E-state index >= 15 is 0 Å².